The molecule has 0 aliphatic carbocycles. The smallest absolute Gasteiger partial charge is 0.230 e. The number of carbonyl (C=O) groups is 1. The van der Waals surface area contributed by atoms with Gasteiger partial charge < -0.3 is 10.2 Å². The van der Waals surface area contributed by atoms with Crippen molar-refractivity contribution < 1.29 is 4.79 Å². The molecule has 2 rings (SSSR count). The monoisotopic (exact) mass is 288 g/mol. The van der Waals surface area contributed by atoms with Gasteiger partial charge in [0.1, 0.15) is 0 Å². The predicted molar refractivity (Wildman–Crippen MR) is 87.1 cm³/mol. The molecule has 1 aromatic rings. The van der Waals surface area contributed by atoms with Gasteiger partial charge in [-0.25, -0.2) is 0 Å². The van der Waals surface area contributed by atoms with E-state index < -0.39 is 0 Å². The third-order valence-electron chi connectivity index (χ3n) is 4.39. The van der Waals surface area contributed by atoms with Gasteiger partial charge in [0.05, 0.1) is 5.41 Å². The van der Waals surface area contributed by atoms with Crippen molar-refractivity contribution in [3.05, 3.63) is 35.4 Å². The molecule has 1 saturated heterocycles. The molecule has 1 fully saturated rings. The van der Waals surface area contributed by atoms with Crippen molar-refractivity contribution >= 4 is 5.91 Å². The highest BCUT2D eigenvalue weighted by atomic mass is 16.2. The van der Waals surface area contributed by atoms with Gasteiger partial charge in [0, 0.05) is 19.6 Å². The second-order valence-electron chi connectivity index (χ2n) is 6.55. The van der Waals surface area contributed by atoms with E-state index >= 15 is 0 Å². The third kappa shape index (κ3) is 4.07. The zero-order valence-corrected chi connectivity index (χ0v) is 13.6. The van der Waals surface area contributed by atoms with Crippen molar-refractivity contribution in [3.8, 4) is 0 Å². The lowest BCUT2D eigenvalue weighted by Crippen LogP contribution is -2.50. The molecule has 3 nitrogen and oxygen atoms in total. The fourth-order valence-corrected chi connectivity index (χ4v) is 3.06. The van der Waals surface area contributed by atoms with Gasteiger partial charge in [-0.05, 0) is 45.2 Å². The average Bonchev–Trinajstić information content (AvgIpc) is 2.49. The van der Waals surface area contributed by atoms with Crippen molar-refractivity contribution in [1.29, 1.82) is 0 Å². The molecule has 0 spiro atoms. The number of piperidine rings is 1. The Morgan fingerprint density at radius 3 is 2.62 bits per heavy atom. The van der Waals surface area contributed by atoms with Crippen LogP contribution in [0.25, 0.3) is 0 Å². The largest absolute Gasteiger partial charge is 0.338 e. The Morgan fingerprint density at radius 2 is 2.05 bits per heavy atom. The molecule has 116 valence electrons. The third-order valence-corrected chi connectivity index (χ3v) is 4.39. The summed E-state index contributed by atoms with van der Waals surface area (Å²) in [5, 5.41) is 3.38. The van der Waals surface area contributed by atoms with E-state index in [4.69, 9.17) is 0 Å². The Bertz CT molecular complexity index is 461. The first-order chi connectivity index (χ1) is 10.0. The second-order valence-corrected chi connectivity index (χ2v) is 6.55. The summed E-state index contributed by atoms with van der Waals surface area (Å²) in [5.41, 5.74) is 2.24. The van der Waals surface area contributed by atoms with Gasteiger partial charge in [-0.3, -0.25) is 4.79 Å². The standard InChI is InChI=1S/C18H28N2O/c1-4-12-20(13-16-8-6-15(2)7-9-16)17(21)18(3)10-5-11-19-14-18/h6-9,19H,4-5,10-14H2,1-3H3. The molecule has 0 bridgehead atoms. The fraction of sp³-hybridized carbons (Fsp3) is 0.611. The maximum Gasteiger partial charge on any atom is 0.230 e. The first kappa shape index (κ1) is 16.0. The average molecular weight is 288 g/mol. The second kappa shape index (κ2) is 7.08. The van der Waals surface area contributed by atoms with Crippen LogP contribution >= 0.6 is 0 Å². The number of rotatable bonds is 5. The van der Waals surface area contributed by atoms with Crippen molar-refractivity contribution in [2.75, 3.05) is 19.6 Å². The summed E-state index contributed by atoms with van der Waals surface area (Å²) in [6.45, 7) is 9.74. The number of carbonyl (C=O) groups excluding carboxylic acids is 1. The molecule has 1 amide bonds. The minimum atomic E-state index is -0.238. The zero-order valence-electron chi connectivity index (χ0n) is 13.6. The molecular formula is C18H28N2O. The van der Waals surface area contributed by atoms with Gasteiger partial charge in [-0.2, -0.15) is 0 Å². The van der Waals surface area contributed by atoms with E-state index in [1.165, 1.54) is 11.1 Å². The number of benzene rings is 1. The van der Waals surface area contributed by atoms with Crippen LogP contribution in [0.5, 0.6) is 0 Å². The highest BCUT2D eigenvalue weighted by Gasteiger charge is 2.37. The van der Waals surface area contributed by atoms with Gasteiger partial charge in [-0.15, -0.1) is 0 Å². The number of nitrogens with one attached hydrogen (secondary N) is 1. The predicted octanol–water partition coefficient (Wildman–Crippen LogP) is 3.12. The summed E-state index contributed by atoms with van der Waals surface area (Å²) in [6, 6.07) is 8.50. The molecule has 1 unspecified atom stereocenters. The molecule has 1 aromatic carbocycles. The number of nitrogens with zero attached hydrogens (tertiary/aromatic N) is 1. The Balaban J connectivity index is 2.10. The van der Waals surface area contributed by atoms with E-state index in [9.17, 15) is 4.79 Å². The van der Waals surface area contributed by atoms with Gasteiger partial charge in [-0.1, -0.05) is 36.8 Å². The van der Waals surface area contributed by atoms with Crippen LogP contribution in [-0.2, 0) is 11.3 Å². The van der Waals surface area contributed by atoms with E-state index in [2.05, 4.69) is 50.4 Å². The summed E-state index contributed by atoms with van der Waals surface area (Å²) in [5.74, 6) is 0.303. The van der Waals surface area contributed by atoms with Crippen molar-refractivity contribution in [1.82, 2.24) is 10.2 Å². The Labute approximate surface area is 128 Å². The molecular weight excluding hydrogens is 260 g/mol. The van der Waals surface area contributed by atoms with Crippen molar-refractivity contribution in [3.63, 3.8) is 0 Å². The van der Waals surface area contributed by atoms with Gasteiger partial charge in [0.25, 0.3) is 0 Å². The van der Waals surface area contributed by atoms with Crippen molar-refractivity contribution in [2.24, 2.45) is 5.41 Å². The summed E-state index contributed by atoms with van der Waals surface area (Å²) in [4.78, 5) is 15.0. The molecule has 1 aliphatic heterocycles. The SMILES string of the molecule is CCCN(Cc1ccc(C)cc1)C(=O)C1(C)CCCNC1. The number of hydrogen-bond acceptors (Lipinski definition) is 2. The number of amides is 1. The summed E-state index contributed by atoms with van der Waals surface area (Å²) in [6.07, 6.45) is 3.08. The summed E-state index contributed by atoms with van der Waals surface area (Å²) in [7, 11) is 0. The Morgan fingerprint density at radius 1 is 1.33 bits per heavy atom. The lowest BCUT2D eigenvalue weighted by atomic mass is 9.81. The van der Waals surface area contributed by atoms with Crippen LogP contribution in [0.15, 0.2) is 24.3 Å². The summed E-state index contributed by atoms with van der Waals surface area (Å²) >= 11 is 0. The fourth-order valence-electron chi connectivity index (χ4n) is 3.06. The van der Waals surface area contributed by atoms with Crippen LogP contribution in [0.3, 0.4) is 0 Å². The molecule has 3 heteroatoms. The molecule has 1 N–H and O–H groups in total. The lowest BCUT2D eigenvalue weighted by molar-refractivity contribution is -0.143. The number of aryl methyl sites for hydroxylation is 1. The zero-order chi connectivity index (χ0) is 15.3. The van der Waals surface area contributed by atoms with Crippen LogP contribution in [0.2, 0.25) is 0 Å². The van der Waals surface area contributed by atoms with Crippen LogP contribution in [0.1, 0.15) is 44.2 Å². The van der Waals surface area contributed by atoms with Gasteiger partial charge in [0.2, 0.25) is 5.91 Å². The minimum absolute atomic E-state index is 0.238. The normalized spacial score (nSPS) is 22.0. The molecule has 21 heavy (non-hydrogen) atoms. The maximum absolute atomic E-state index is 13.0. The lowest BCUT2D eigenvalue weighted by Gasteiger charge is -2.37. The highest BCUT2D eigenvalue weighted by Crippen LogP contribution is 2.28. The topological polar surface area (TPSA) is 32.3 Å². The van der Waals surface area contributed by atoms with Gasteiger partial charge in [0.15, 0.2) is 0 Å². The molecule has 0 saturated carbocycles. The molecule has 1 atom stereocenters. The highest BCUT2D eigenvalue weighted by molar-refractivity contribution is 5.82. The molecule has 0 radical (unpaired) electrons. The van der Waals surface area contributed by atoms with Crippen LogP contribution in [0.4, 0.5) is 0 Å². The molecule has 1 heterocycles. The van der Waals surface area contributed by atoms with E-state index in [0.29, 0.717) is 5.91 Å². The Kier molecular flexibility index (Phi) is 5.40. The summed E-state index contributed by atoms with van der Waals surface area (Å²) < 4.78 is 0. The van der Waals surface area contributed by atoms with Gasteiger partial charge >= 0.3 is 0 Å². The Hall–Kier alpha value is -1.35. The minimum Gasteiger partial charge on any atom is -0.338 e. The first-order valence-corrected chi connectivity index (χ1v) is 8.11. The van der Waals surface area contributed by atoms with Crippen LogP contribution in [-0.4, -0.2) is 30.4 Å². The van der Waals surface area contributed by atoms with E-state index in [1.54, 1.807) is 0 Å². The molecule has 1 aliphatic rings. The van der Waals surface area contributed by atoms with E-state index in [1.807, 2.05) is 4.90 Å². The first-order valence-electron chi connectivity index (χ1n) is 8.11. The number of hydrogen-bond donors (Lipinski definition) is 1. The van der Waals surface area contributed by atoms with Crippen LogP contribution in [0, 0.1) is 12.3 Å². The van der Waals surface area contributed by atoms with E-state index in [0.717, 1.165) is 45.4 Å². The maximum atomic E-state index is 13.0. The van der Waals surface area contributed by atoms with Crippen molar-refractivity contribution in [2.45, 2.75) is 46.6 Å². The van der Waals surface area contributed by atoms with Crippen LogP contribution < -0.4 is 5.32 Å². The van der Waals surface area contributed by atoms with E-state index in [-0.39, 0.29) is 5.41 Å². The molecule has 0 aromatic heterocycles. The quantitative estimate of drug-likeness (QED) is 0.903.